The fraction of sp³-hybridized carbons (Fsp3) is 0.125. The van der Waals surface area contributed by atoms with Crippen molar-refractivity contribution in [1.29, 1.82) is 0 Å². The molecular weight excluding hydrogens is 158 g/mol. The van der Waals surface area contributed by atoms with Crippen molar-refractivity contribution in [3.05, 3.63) is 29.8 Å². The average Bonchev–Trinajstić information content (AvgIpc) is 2.04. The molecule has 0 unspecified atom stereocenters. The van der Waals surface area contributed by atoms with Crippen LogP contribution in [0.25, 0.3) is 0 Å². The van der Waals surface area contributed by atoms with Gasteiger partial charge in [-0.05, 0) is 24.3 Å². The minimum atomic E-state index is -1.95. The Labute approximate surface area is 69.3 Å². The largest absolute Gasteiger partial charge is 0.399 e. The first-order valence-corrected chi connectivity index (χ1v) is 3.37. The molecule has 1 aromatic rings. The quantitative estimate of drug-likeness (QED) is 0.322. The highest BCUT2D eigenvalue weighted by atomic mass is 16.5. The Morgan fingerprint density at radius 1 is 1.25 bits per heavy atom. The van der Waals surface area contributed by atoms with Crippen molar-refractivity contribution in [3.63, 3.8) is 0 Å². The van der Waals surface area contributed by atoms with Gasteiger partial charge in [0.15, 0.2) is 0 Å². The van der Waals surface area contributed by atoms with Crippen LogP contribution in [-0.4, -0.2) is 22.3 Å². The summed E-state index contributed by atoms with van der Waals surface area (Å²) in [6.45, 7) is 0. The van der Waals surface area contributed by atoms with Gasteiger partial charge in [0, 0.05) is 11.3 Å². The second-order valence-corrected chi connectivity index (χ2v) is 2.36. The smallest absolute Gasteiger partial charge is 0.218 e. The van der Waals surface area contributed by atoms with E-state index in [1.165, 1.54) is 24.3 Å². The molecular formula is C8H9NO3. The summed E-state index contributed by atoms with van der Waals surface area (Å²) in [5, 5.41) is 17.0. The van der Waals surface area contributed by atoms with Crippen molar-refractivity contribution in [2.75, 3.05) is 5.73 Å². The topological polar surface area (TPSA) is 83.6 Å². The molecule has 0 saturated heterocycles. The van der Waals surface area contributed by atoms with Crippen LogP contribution < -0.4 is 5.73 Å². The molecule has 0 spiro atoms. The summed E-state index contributed by atoms with van der Waals surface area (Å²) in [6.07, 6.45) is -1.95. The van der Waals surface area contributed by atoms with Crippen LogP contribution in [-0.2, 0) is 0 Å². The molecule has 1 aromatic carbocycles. The number of aliphatic hydroxyl groups excluding tert-OH is 1. The van der Waals surface area contributed by atoms with Crippen molar-refractivity contribution >= 4 is 11.5 Å². The zero-order valence-corrected chi connectivity index (χ0v) is 6.27. The van der Waals surface area contributed by atoms with Gasteiger partial charge in [-0.2, -0.15) is 0 Å². The number of hydrogen-bond donors (Lipinski definition) is 3. The van der Waals surface area contributed by atoms with Crippen molar-refractivity contribution in [3.8, 4) is 0 Å². The minimum absolute atomic E-state index is 0.235. The average molecular weight is 167 g/mol. The summed E-state index contributed by atoms with van der Waals surface area (Å²) >= 11 is 0. The van der Waals surface area contributed by atoms with Crippen molar-refractivity contribution < 1.29 is 15.0 Å². The van der Waals surface area contributed by atoms with Crippen LogP contribution in [0.5, 0.6) is 0 Å². The Bertz CT molecular complexity index is 279. The Kier molecular flexibility index (Phi) is 2.42. The molecule has 0 aliphatic rings. The predicted octanol–water partition coefficient (Wildman–Crippen LogP) is -0.238. The van der Waals surface area contributed by atoms with E-state index in [1.54, 1.807) is 0 Å². The van der Waals surface area contributed by atoms with Gasteiger partial charge in [0.25, 0.3) is 0 Å². The maximum Gasteiger partial charge on any atom is 0.218 e. The van der Waals surface area contributed by atoms with Crippen LogP contribution in [0, 0.1) is 0 Å². The van der Waals surface area contributed by atoms with Crippen molar-refractivity contribution in [1.82, 2.24) is 0 Å². The monoisotopic (exact) mass is 167 g/mol. The summed E-state index contributed by atoms with van der Waals surface area (Å²) in [5.74, 6) is -0.727. The van der Waals surface area contributed by atoms with Crippen molar-refractivity contribution in [2.45, 2.75) is 6.29 Å². The molecule has 0 saturated carbocycles. The van der Waals surface area contributed by atoms with Gasteiger partial charge in [-0.1, -0.05) is 0 Å². The van der Waals surface area contributed by atoms with E-state index in [2.05, 4.69) is 0 Å². The Balaban J connectivity index is 2.90. The molecule has 0 radical (unpaired) electrons. The molecule has 64 valence electrons. The maximum absolute atomic E-state index is 10.9. The molecule has 0 fully saturated rings. The van der Waals surface area contributed by atoms with Gasteiger partial charge in [0.05, 0.1) is 0 Å². The summed E-state index contributed by atoms with van der Waals surface area (Å²) in [5.41, 5.74) is 6.13. The summed E-state index contributed by atoms with van der Waals surface area (Å²) < 4.78 is 0. The van der Waals surface area contributed by atoms with E-state index in [1.807, 2.05) is 0 Å². The van der Waals surface area contributed by atoms with Gasteiger partial charge in [-0.3, -0.25) is 4.79 Å². The number of hydrogen-bond acceptors (Lipinski definition) is 4. The molecule has 4 nitrogen and oxygen atoms in total. The molecule has 0 bridgehead atoms. The van der Waals surface area contributed by atoms with E-state index >= 15 is 0 Å². The molecule has 0 heterocycles. The highest BCUT2D eigenvalue weighted by Crippen LogP contribution is 2.07. The lowest BCUT2D eigenvalue weighted by Gasteiger charge is -2.01. The van der Waals surface area contributed by atoms with Gasteiger partial charge in [-0.25, -0.2) is 0 Å². The minimum Gasteiger partial charge on any atom is -0.399 e. The van der Waals surface area contributed by atoms with Crippen LogP contribution in [0.2, 0.25) is 0 Å². The number of carbonyl (C=O) groups excluding carboxylic acids is 1. The van der Waals surface area contributed by atoms with Gasteiger partial charge in [0.1, 0.15) is 0 Å². The van der Waals surface area contributed by atoms with E-state index in [9.17, 15) is 4.79 Å². The van der Waals surface area contributed by atoms with E-state index in [4.69, 9.17) is 15.9 Å². The molecule has 4 N–H and O–H groups in total. The lowest BCUT2D eigenvalue weighted by atomic mass is 10.1. The number of anilines is 1. The first-order chi connectivity index (χ1) is 5.61. The summed E-state index contributed by atoms with van der Waals surface area (Å²) in [6, 6.07) is 5.93. The summed E-state index contributed by atoms with van der Waals surface area (Å²) in [7, 11) is 0. The predicted molar refractivity (Wildman–Crippen MR) is 43.4 cm³/mol. The normalized spacial score (nSPS) is 10.2. The van der Waals surface area contributed by atoms with E-state index in [0.717, 1.165) is 0 Å². The van der Waals surface area contributed by atoms with Gasteiger partial charge < -0.3 is 15.9 Å². The second kappa shape index (κ2) is 3.34. The molecule has 0 aliphatic carbocycles. The number of rotatable bonds is 2. The third kappa shape index (κ3) is 1.81. The third-order valence-electron chi connectivity index (χ3n) is 1.43. The first kappa shape index (κ1) is 8.70. The van der Waals surface area contributed by atoms with Crippen LogP contribution in [0.4, 0.5) is 5.69 Å². The number of aliphatic hydroxyl groups is 2. The summed E-state index contributed by atoms with van der Waals surface area (Å²) in [4.78, 5) is 10.9. The zero-order valence-electron chi connectivity index (χ0n) is 6.27. The lowest BCUT2D eigenvalue weighted by molar-refractivity contribution is -0.0195. The fourth-order valence-electron chi connectivity index (χ4n) is 0.796. The van der Waals surface area contributed by atoms with Crippen molar-refractivity contribution in [2.24, 2.45) is 0 Å². The van der Waals surface area contributed by atoms with Gasteiger partial charge in [0.2, 0.25) is 12.1 Å². The number of nitrogen functional groups attached to an aromatic ring is 1. The standard InChI is InChI=1S/C8H9NO3/c9-6-3-1-5(2-4-6)7(10)8(11)12/h1-4,8,11-12H,9H2. The SMILES string of the molecule is Nc1ccc(C(=O)C(O)O)cc1. The van der Waals surface area contributed by atoms with Gasteiger partial charge >= 0.3 is 0 Å². The highest BCUT2D eigenvalue weighted by molar-refractivity contribution is 5.98. The fourth-order valence-corrected chi connectivity index (χ4v) is 0.796. The maximum atomic E-state index is 10.9. The van der Waals surface area contributed by atoms with E-state index in [0.29, 0.717) is 5.69 Å². The molecule has 12 heavy (non-hydrogen) atoms. The first-order valence-electron chi connectivity index (χ1n) is 3.37. The number of nitrogens with two attached hydrogens (primary N) is 1. The second-order valence-electron chi connectivity index (χ2n) is 2.36. The Morgan fingerprint density at radius 3 is 2.17 bits per heavy atom. The number of Topliss-reactive ketones (excluding diaryl/α,β-unsaturated/α-hetero) is 1. The molecule has 0 atom stereocenters. The molecule has 0 aromatic heterocycles. The zero-order chi connectivity index (χ0) is 9.14. The number of ketones is 1. The number of carbonyl (C=O) groups is 1. The molecule has 4 heteroatoms. The Hall–Kier alpha value is -1.39. The van der Waals surface area contributed by atoms with Crippen LogP contribution >= 0.6 is 0 Å². The Morgan fingerprint density at radius 2 is 1.75 bits per heavy atom. The highest BCUT2D eigenvalue weighted by Gasteiger charge is 2.12. The van der Waals surface area contributed by atoms with Gasteiger partial charge in [-0.15, -0.1) is 0 Å². The molecule has 1 rings (SSSR count). The van der Waals surface area contributed by atoms with Crippen LogP contribution in [0.15, 0.2) is 24.3 Å². The van der Waals surface area contributed by atoms with E-state index in [-0.39, 0.29) is 5.56 Å². The van der Waals surface area contributed by atoms with Crippen LogP contribution in [0.3, 0.4) is 0 Å². The molecule has 0 amide bonds. The molecule has 0 aliphatic heterocycles. The van der Waals surface area contributed by atoms with Crippen LogP contribution in [0.1, 0.15) is 10.4 Å². The lowest BCUT2D eigenvalue weighted by Crippen LogP contribution is -2.19. The van der Waals surface area contributed by atoms with E-state index < -0.39 is 12.1 Å². The number of benzene rings is 1. The third-order valence-corrected chi connectivity index (χ3v) is 1.43.